The first-order chi connectivity index (χ1) is 42.1. The summed E-state index contributed by atoms with van der Waals surface area (Å²) in [5.41, 5.74) is 0. The Bertz CT molecular complexity index is 2050. The number of ether oxygens (including phenoxy) is 4. The van der Waals surface area contributed by atoms with Crippen LogP contribution in [0.5, 0.6) is 0 Å². The van der Waals surface area contributed by atoms with Crippen LogP contribution in [0, 0.1) is 0 Å². The number of hydrogen-bond acceptors (Lipinski definition) is 13. The molecule has 14 nitrogen and oxygen atoms in total. The third-order valence-corrected chi connectivity index (χ3v) is 14.7. The van der Waals surface area contributed by atoms with Gasteiger partial charge in [-0.15, -0.1) is 0 Å². The predicted octanol–water partition coefficient (Wildman–Crippen LogP) is 12.7. The molecule has 14 heteroatoms. The van der Waals surface area contributed by atoms with E-state index in [1.165, 1.54) is 38.5 Å². The molecule has 2 heterocycles. The molecule has 12 unspecified atom stereocenters. The molecule has 486 valence electrons. The molecule has 0 aliphatic carbocycles. The molecular formula is C72H115NO13. The fourth-order valence-electron chi connectivity index (χ4n) is 9.51. The van der Waals surface area contributed by atoms with Crippen LogP contribution >= 0.6 is 0 Å². The molecule has 9 N–H and O–H groups in total. The molecule has 0 bridgehead atoms. The zero-order valence-electron chi connectivity index (χ0n) is 52.5. The van der Waals surface area contributed by atoms with Crippen LogP contribution in [0.25, 0.3) is 0 Å². The summed E-state index contributed by atoms with van der Waals surface area (Å²) in [6, 6.07) is -0.939. The zero-order valence-corrected chi connectivity index (χ0v) is 52.5. The number of aliphatic hydroxyl groups is 8. The van der Waals surface area contributed by atoms with Gasteiger partial charge in [0.25, 0.3) is 0 Å². The highest BCUT2D eigenvalue weighted by Gasteiger charge is 2.51. The number of nitrogens with one attached hydrogen (secondary N) is 1. The molecule has 12 atom stereocenters. The maximum absolute atomic E-state index is 13.2. The van der Waals surface area contributed by atoms with E-state index in [9.17, 15) is 45.6 Å². The number of hydrogen-bond donors (Lipinski definition) is 9. The number of carbonyl (C=O) groups excluding carboxylic acids is 1. The van der Waals surface area contributed by atoms with Gasteiger partial charge in [0, 0.05) is 6.42 Å². The van der Waals surface area contributed by atoms with Gasteiger partial charge in [-0.2, -0.15) is 0 Å². The Labute approximate surface area is 518 Å². The van der Waals surface area contributed by atoms with E-state index in [1.807, 2.05) is 6.08 Å². The Morgan fingerprint density at radius 2 is 0.802 bits per heavy atom. The van der Waals surface area contributed by atoms with E-state index in [0.29, 0.717) is 6.42 Å². The van der Waals surface area contributed by atoms with Crippen molar-refractivity contribution in [2.24, 2.45) is 0 Å². The van der Waals surface area contributed by atoms with Gasteiger partial charge in [-0.05, 0) is 109 Å². The second-order valence-corrected chi connectivity index (χ2v) is 22.2. The minimum atomic E-state index is -1.80. The molecule has 0 aromatic rings. The van der Waals surface area contributed by atoms with Gasteiger partial charge >= 0.3 is 0 Å². The third-order valence-electron chi connectivity index (χ3n) is 14.7. The zero-order chi connectivity index (χ0) is 62.3. The Hall–Kier alpha value is -4.39. The molecule has 2 fully saturated rings. The highest BCUT2D eigenvalue weighted by molar-refractivity contribution is 5.76. The first kappa shape index (κ1) is 77.7. The standard InChI is InChI=1S/C72H115NO13/c1-3-5-7-9-11-13-15-16-17-18-19-20-21-22-23-24-25-26-27-28-29-30-31-32-33-34-35-36-37-38-39-40-41-42-43-44-46-48-50-52-54-56-64(77)73-60(61(76)55-53-51-49-47-45-14-12-10-8-6-4-2)59-83-71-69(82)67(80)70(63(58-75)85-71)86-72-68(81)66(79)65(78)62(57-74)84-72/h5,7,11,13,16-17,19-20,22-23,25-26,28-29,31-32,34-35,37-38,40-41,43-44,53,55,60-63,65-72,74-76,78-82H,3-4,6,8-10,12,14-15,18,21,24,27,30,33,36,39,42,45-52,54,56-59H2,1-2H3,(H,73,77)/b7-5-,13-11-,17-16-,20-19-,23-22-,26-25-,29-28-,32-31-,35-34-,38-37-,41-40-,44-43-,55-53+. The molecule has 0 radical (unpaired) electrons. The van der Waals surface area contributed by atoms with Crippen LogP contribution in [0.3, 0.4) is 0 Å². The molecule has 2 aliphatic rings. The Kier molecular flexibility index (Phi) is 49.5. The van der Waals surface area contributed by atoms with Crippen molar-refractivity contribution in [1.82, 2.24) is 5.32 Å². The SMILES string of the molecule is CC/C=C\C/C=C\C/C=C\C/C=C\C/C=C\C/C=C\C/C=C\C/C=C\C/C=C\C/C=C\C/C=C\C/C=C\CCCCCCC(=O)NC(COC1OC(CO)C(OC2OC(CO)C(O)C(O)C2O)C(O)C1O)C(O)/C=C/CCCCCCCCCCC. The van der Waals surface area contributed by atoms with Gasteiger partial charge in [-0.25, -0.2) is 0 Å². The van der Waals surface area contributed by atoms with Crippen LogP contribution in [0.2, 0.25) is 0 Å². The molecule has 0 aromatic heterocycles. The molecule has 0 saturated carbocycles. The Morgan fingerprint density at radius 1 is 0.430 bits per heavy atom. The van der Waals surface area contributed by atoms with Gasteiger partial charge < -0.3 is 65.1 Å². The van der Waals surface area contributed by atoms with E-state index in [2.05, 4.69) is 165 Å². The fourth-order valence-corrected chi connectivity index (χ4v) is 9.51. The number of unbranched alkanes of at least 4 members (excludes halogenated alkanes) is 13. The molecule has 2 aliphatic heterocycles. The van der Waals surface area contributed by atoms with Crippen molar-refractivity contribution in [1.29, 1.82) is 0 Å². The van der Waals surface area contributed by atoms with E-state index in [0.717, 1.165) is 128 Å². The quantitative estimate of drug-likeness (QED) is 0.0204. The molecule has 2 rings (SSSR count). The van der Waals surface area contributed by atoms with Crippen LogP contribution in [-0.2, 0) is 23.7 Å². The number of rotatable bonds is 50. The second kappa shape index (κ2) is 54.7. The van der Waals surface area contributed by atoms with Gasteiger partial charge in [0.2, 0.25) is 5.91 Å². The van der Waals surface area contributed by atoms with Gasteiger partial charge in [-0.3, -0.25) is 4.79 Å². The summed E-state index contributed by atoms with van der Waals surface area (Å²) in [6.07, 6.45) is 67.3. The summed E-state index contributed by atoms with van der Waals surface area (Å²) < 4.78 is 22.7. The van der Waals surface area contributed by atoms with Crippen LogP contribution in [0.15, 0.2) is 158 Å². The summed E-state index contributed by atoms with van der Waals surface area (Å²) >= 11 is 0. The largest absolute Gasteiger partial charge is 0.394 e. The number of allylic oxidation sites excluding steroid dienone is 25. The molecule has 2 saturated heterocycles. The molecule has 86 heavy (non-hydrogen) atoms. The van der Waals surface area contributed by atoms with E-state index in [4.69, 9.17) is 18.9 Å². The topological polar surface area (TPSA) is 228 Å². The van der Waals surface area contributed by atoms with Crippen LogP contribution in [0.1, 0.15) is 194 Å². The van der Waals surface area contributed by atoms with E-state index < -0.39 is 86.8 Å². The highest BCUT2D eigenvalue weighted by Crippen LogP contribution is 2.30. The van der Waals surface area contributed by atoms with Crippen LogP contribution in [-0.4, -0.2) is 140 Å². The van der Waals surface area contributed by atoms with Crippen molar-refractivity contribution in [3.05, 3.63) is 158 Å². The van der Waals surface area contributed by atoms with Crippen molar-refractivity contribution in [2.45, 2.75) is 267 Å². The second-order valence-electron chi connectivity index (χ2n) is 22.2. The summed E-state index contributed by atoms with van der Waals surface area (Å²) in [4.78, 5) is 13.2. The van der Waals surface area contributed by atoms with Gasteiger partial charge in [0.15, 0.2) is 12.6 Å². The summed E-state index contributed by atoms with van der Waals surface area (Å²) in [5.74, 6) is -0.273. The maximum atomic E-state index is 13.2. The minimum absolute atomic E-state index is 0.241. The number of aliphatic hydroxyl groups excluding tert-OH is 8. The van der Waals surface area contributed by atoms with Gasteiger partial charge in [0.05, 0.1) is 32.0 Å². The van der Waals surface area contributed by atoms with E-state index in [-0.39, 0.29) is 18.9 Å². The summed E-state index contributed by atoms with van der Waals surface area (Å²) in [7, 11) is 0. The maximum Gasteiger partial charge on any atom is 0.220 e. The molecule has 0 aromatic carbocycles. The monoisotopic (exact) mass is 1200 g/mol. The molecular weight excluding hydrogens is 1090 g/mol. The molecule has 1 amide bonds. The van der Waals surface area contributed by atoms with E-state index in [1.54, 1.807) is 6.08 Å². The summed E-state index contributed by atoms with van der Waals surface area (Å²) in [6.45, 7) is 2.62. The molecule has 0 spiro atoms. The predicted molar refractivity (Wildman–Crippen MR) is 350 cm³/mol. The highest BCUT2D eigenvalue weighted by atomic mass is 16.7. The first-order valence-corrected chi connectivity index (χ1v) is 32.7. The van der Waals surface area contributed by atoms with Crippen molar-refractivity contribution in [2.75, 3.05) is 19.8 Å². The third kappa shape index (κ3) is 38.8. The van der Waals surface area contributed by atoms with Crippen molar-refractivity contribution in [3.8, 4) is 0 Å². The van der Waals surface area contributed by atoms with Gasteiger partial charge in [-0.1, -0.05) is 236 Å². The summed E-state index contributed by atoms with van der Waals surface area (Å²) in [5, 5.41) is 87.0. The number of amides is 1. The van der Waals surface area contributed by atoms with Crippen molar-refractivity contribution < 1.29 is 64.6 Å². The smallest absolute Gasteiger partial charge is 0.220 e. The lowest BCUT2D eigenvalue weighted by Gasteiger charge is -2.46. The van der Waals surface area contributed by atoms with Crippen molar-refractivity contribution >= 4 is 5.91 Å². The lowest BCUT2D eigenvalue weighted by molar-refractivity contribution is -0.359. The Balaban J connectivity index is 1.64. The Morgan fingerprint density at radius 3 is 1.23 bits per heavy atom. The lowest BCUT2D eigenvalue weighted by atomic mass is 9.97. The minimum Gasteiger partial charge on any atom is -0.394 e. The average Bonchev–Trinajstić information content (AvgIpc) is 1.60. The van der Waals surface area contributed by atoms with E-state index >= 15 is 0 Å². The number of carbonyl (C=O) groups is 1. The van der Waals surface area contributed by atoms with Gasteiger partial charge in [0.1, 0.15) is 48.8 Å². The lowest BCUT2D eigenvalue weighted by Crippen LogP contribution is -2.65. The van der Waals surface area contributed by atoms with Crippen LogP contribution in [0.4, 0.5) is 0 Å². The first-order valence-electron chi connectivity index (χ1n) is 32.7. The van der Waals surface area contributed by atoms with Crippen molar-refractivity contribution in [3.63, 3.8) is 0 Å². The average molecular weight is 1200 g/mol. The fraction of sp³-hybridized carbons (Fsp3) is 0.625. The van der Waals surface area contributed by atoms with Crippen LogP contribution < -0.4 is 5.32 Å². The normalized spacial score (nSPS) is 24.5.